The second-order valence-corrected chi connectivity index (χ2v) is 2.57. The van der Waals surface area contributed by atoms with Crippen molar-refractivity contribution in [1.29, 1.82) is 0 Å². The van der Waals surface area contributed by atoms with Crippen molar-refractivity contribution in [2.24, 2.45) is 0 Å². The molecule has 0 fully saturated rings. The molecule has 0 aromatic carbocycles. The molecular formula is C9H17N3O2. The largest absolute Gasteiger partial charge is 0.358 e. The Morgan fingerprint density at radius 3 is 2.57 bits per heavy atom. The maximum Gasteiger partial charge on any atom is 0.342 e. The van der Waals surface area contributed by atoms with Gasteiger partial charge in [-0.3, -0.25) is 0 Å². The molecule has 80 valence electrons. The van der Waals surface area contributed by atoms with Crippen LogP contribution in [0.1, 0.15) is 33.0 Å². The molecule has 0 bridgehead atoms. The minimum absolute atomic E-state index is 0.0781. The van der Waals surface area contributed by atoms with Gasteiger partial charge in [-0.15, -0.1) is 0 Å². The van der Waals surface area contributed by atoms with E-state index in [2.05, 4.69) is 4.98 Å². The molecule has 0 spiro atoms. The van der Waals surface area contributed by atoms with E-state index in [1.807, 2.05) is 20.8 Å². The lowest BCUT2D eigenvalue weighted by Crippen LogP contribution is -2.03. The van der Waals surface area contributed by atoms with Gasteiger partial charge in [-0.25, -0.2) is 9.55 Å². The average Bonchev–Trinajstić information content (AvgIpc) is 2.52. The molecule has 0 amide bonds. The first kappa shape index (κ1) is 12.6. The Morgan fingerprint density at radius 1 is 1.57 bits per heavy atom. The minimum Gasteiger partial charge on any atom is -0.358 e. The fourth-order valence-electron chi connectivity index (χ4n) is 1.10. The Kier molecular flexibility index (Phi) is 5.52. The van der Waals surface area contributed by atoms with E-state index in [4.69, 9.17) is 0 Å². The van der Waals surface area contributed by atoms with Crippen molar-refractivity contribution in [3.63, 3.8) is 0 Å². The number of aromatic nitrogens is 2. The molecule has 0 radical (unpaired) electrons. The van der Waals surface area contributed by atoms with Crippen molar-refractivity contribution >= 4 is 5.82 Å². The summed E-state index contributed by atoms with van der Waals surface area (Å²) in [4.78, 5) is 13.9. The number of nitro groups is 1. The maximum absolute atomic E-state index is 10.5. The van der Waals surface area contributed by atoms with E-state index in [1.165, 1.54) is 6.20 Å². The van der Waals surface area contributed by atoms with Gasteiger partial charge in [0.1, 0.15) is 6.20 Å². The van der Waals surface area contributed by atoms with Gasteiger partial charge >= 0.3 is 5.82 Å². The van der Waals surface area contributed by atoms with E-state index in [-0.39, 0.29) is 5.82 Å². The summed E-state index contributed by atoms with van der Waals surface area (Å²) in [6, 6.07) is 0. The summed E-state index contributed by atoms with van der Waals surface area (Å²) in [6.07, 6.45) is 2.17. The first-order chi connectivity index (χ1) is 6.66. The highest BCUT2D eigenvalue weighted by Crippen LogP contribution is 2.13. The van der Waals surface area contributed by atoms with Crippen LogP contribution in [-0.2, 0) is 6.54 Å². The van der Waals surface area contributed by atoms with Crippen molar-refractivity contribution < 1.29 is 4.92 Å². The summed E-state index contributed by atoms with van der Waals surface area (Å²) in [5.74, 6) is 0.776. The maximum atomic E-state index is 10.5. The lowest BCUT2D eigenvalue weighted by Gasteiger charge is -1.99. The fraction of sp³-hybridized carbons (Fsp3) is 0.667. The van der Waals surface area contributed by atoms with Gasteiger partial charge < -0.3 is 10.1 Å². The topological polar surface area (TPSA) is 61.0 Å². The third-order valence-corrected chi connectivity index (χ3v) is 1.67. The Balaban J connectivity index is 0.000000791. The fourth-order valence-corrected chi connectivity index (χ4v) is 1.10. The van der Waals surface area contributed by atoms with Gasteiger partial charge in [0, 0.05) is 6.92 Å². The molecule has 1 aromatic rings. The molecule has 5 nitrogen and oxygen atoms in total. The molecule has 0 atom stereocenters. The van der Waals surface area contributed by atoms with E-state index < -0.39 is 4.92 Å². The van der Waals surface area contributed by atoms with Crippen LogP contribution in [0.5, 0.6) is 0 Å². The SMILES string of the molecule is CC.CCCn1c([N+](=O)[O-])cnc1C. The highest BCUT2D eigenvalue weighted by molar-refractivity contribution is 5.18. The van der Waals surface area contributed by atoms with E-state index in [0.29, 0.717) is 12.4 Å². The van der Waals surface area contributed by atoms with Crippen LogP contribution in [0.4, 0.5) is 5.82 Å². The highest BCUT2D eigenvalue weighted by atomic mass is 16.6. The number of hydrogen-bond donors (Lipinski definition) is 0. The molecule has 1 rings (SSSR count). The molecule has 0 unspecified atom stereocenters. The molecular weight excluding hydrogens is 182 g/mol. The van der Waals surface area contributed by atoms with Gasteiger partial charge in [-0.1, -0.05) is 20.8 Å². The molecule has 1 heterocycles. The van der Waals surface area contributed by atoms with Gasteiger partial charge in [0.05, 0.1) is 6.54 Å². The predicted octanol–water partition coefficient (Wildman–Crippen LogP) is 2.54. The molecule has 0 saturated carbocycles. The number of hydrogen-bond acceptors (Lipinski definition) is 3. The van der Waals surface area contributed by atoms with Gasteiger partial charge in [0.2, 0.25) is 0 Å². The number of imidazole rings is 1. The predicted molar refractivity (Wildman–Crippen MR) is 55.3 cm³/mol. The average molecular weight is 199 g/mol. The first-order valence-corrected chi connectivity index (χ1v) is 4.83. The zero-order valence-corrected chi connectivity index (χ0v) is 9.15. The van der Waals surface area contributed by atoms with Crippen molar-refractivity contribution in [3.05, 3.63) is 22.1 Å². The van der Waals surface area contributed by atoms with Crippen LogP contribution in [-0.4, -0.2) is 14.5 Å². The van der Waals surface area contributed by atoms with Crippen LogP contribution in [0.3, 0.4) is 0 Å². The Labute approximate surface area is 83.9 Å². The van der Waals surface area contributed by atoms with Gasteiger partial charge in [-0.05, 0) is 11.3 Å². The molecule has 14 heavy (non-hydrogen) atoms. The van der Waals surface area contributed by atoms with Gasteiger partial charge in [0.15, 0.2) is 5.82 Å². The van der Waals surface area contributed by atoms with Crippen molar-refractivity contribution in [2.45, 2.75) is 40.7 Å². The Bertz CT molecular complexity index is 294. The normalized spacial score (nSPS) is 9.14. The smallest absolute Gasteiger partial charge is 0.342 e. The van der Waals surface area contributed by atoms with Gasteiger partial charge in [0.25, 0.3) is 0 Å². The first-order valence-electron chi connectivity index (χ1n) is 4.83. The molecule has 0 aliphatic rings. The molecule has 0 saturated heterocycles. The van der Waals surface area contributed by atoms with Crippen LogP contribution in [0, 0.1) is 17.0 Å². The second-order valence-electron chi connectivity index (χ2n) is 2.57. The summed E-state index contributed by atoms with van der Waals surface area (Å²) in [5.41, 5.74) is 0. The van der Waals surface area contributed by atoms with E-state index in [1.54, 1.807) is 11.5 Å². The standard InChI is InChI=1S/C7H11N3O2.C2H6/c1-3-4-9-6(2)8-5-7(9)10(11)12;1-2/h5H,3-4H2,1-2H3;1-2H3. The van der Waals surface area contributed by atoms with Crippen molar-refractivity contribution in [3.8, 4) is 0 Å². The molecule has 0 aliphatic heterocycles. The number of aryl methyl sites for hydroxylation is 1. The Morgan fingerprint density at radius 2 is 2.14 bits per heavy atom. The summed E-state index contributed by atoms with van der Waals surface area (Å²) in [6.45, 7) is 8.40. The lowest BCUT2D eigenvalue weighted by atomic mass is 10.4. The Hall–Kier alpha value is -1.39. The van der Waals surface area contributed by atoms with Crippen LogP contribution in [0.25, 0.3) is 0 Å². The highest BCUT2D eigenvalue weighted by Gasteiger charge is 2.15. The monoisotopic (exact) mass is 199 g/mol. The van der Waals surface area contributed by atoms with Crippen molar-refractivity contribution in [1.82, 2.24) is 9.55 Å². The summed E-state index contributed by atoms with van der Waals surface area (Å²) < 4.78 is 1.61. The number of rotatable bonds is 3. The zero-order chi connectivity index (χ0) is 11.1. The third kappa shape index (κ3) is 2.83. The zero-order valence-electron chi connectivity index (χ0n) is 9.15. The summed E-state index contributed by atoms with van der Waals surface area (Å²) >= 11 is 0. The van der Waals surface area contributed by atoms with Crippen molar-refractivity contribution in [2.75, 3.05) is 0 Å². The van der Waals surface area contributed by atoms with E-state index in [0.717, 1.165) is 6.42 Å². The van der Waals surface area contributed by atoms with Crippen LogP contribution < -0.4 is 0 Å². The quantitative estimate of drug-likeness (QED) is 0.555. The second kappa shape index (κ2) is 6.12. The molecule has 1 aromatic heterocycles. The van der Waals surface area contributed by atoms with Crippen LogP contribution in [0.2, 0.25) is 0 Å². The van der Waals surface area contributed by atoms with E-state index >= 15 is 0 Å². The summed E-state index contributed by atoms with van der Waals surface area (Å²) in [7, 11) is 0. The lowest BCUT2D eigenvalue weighted by molar-refractivity contribution is -0.392. The van der Waals surface area contributed by atoms with Gasteiger partial charge in [-0.2, -0.15) is 0 Å². The van der Waals surface area contributed by atoms with Crippen LogP contribution in [0.15, 0.2) is 6.20 Å². The number of nitrogens with zero attached hydrogens (tertiary/aromatic N) is 3. The van der Waals surface area contributed by atoms with Crippen LogP contribution >= 0.6 is 0 Å². The molecule has 0 N–H and O–H groups in total. The minimum atomic E-state index is -0.407. The summed E-state index contributed by atoms with van der Waals surface area (Å²) in [5, 5.41) is 10.5. The molecule has 5 heteroatoms. The van der Waals surface area contributed by atoms with E-state index in [9.17, 15) is 10.1 Å². The molecule has 0 aliphatic carbocycles. The third-order valence-electron chi connectivity index (χ3n) is 1.67.